The maximum Gasteiger partial charge on any atom is 0.244 e. The Balaban J connectivity index is 1.80. The number of benzene rings is 2. The molecule has 2 aromatic rings. The van der Waals surface area contributed by atoms with Crippen molar-refractivity contribution in [2.45, 2.75) is 31.1 Å². The lowest BCUT2D eigenvalue weighted by atomic mass is 9.64. The molecule has 0 radical (unpaired) electrons. The van der Waals surface area contributed by atoms with Crippen LogP contribution < -0.4 is 20.7 Å². The standard InChI is InChI=1S/C24H22N4O2/c1-30-16-12-10-15(11-13-16)28-21-9-5-3-7-18(21)24(19(14-25)22(28)26)17-6-2-4-8-20(17)27-23(24)29/h2,4,6,8,10-13H,3,5,7,9,26H2,1H3,(H,27,29)/t24-/m0/s1. The molecule has 0 saturated carbocycles. The summed E-state index contributed by atoms with van der Waals surface area (Å²) in [7, 11) is 1.62. The summed E-state index contributed by atoms with van der Waals surface area (Å²) in [5, 5.41) is 13.2. The van der Waals surface area contributed by atoms with Crippen LogP contribution in [0.2, 0.25) is 0 Å². The Morgan fingerprint density at radius 1 is 1.13 bits per heavy atom. The maximum absolute atomic E-state index is 13.5. The van der Waals surface area contributed by atoms with E-state index in [9.17, 15) is 10.1 Å². The normalized spacial score (nSPS) is 22.5. The Hall–Kier alpha value is -3.72. The van der Waals surface area contributed by atoms with E-state index in [-0.39, 0.29) is 5.91 Å². The highest BCUT2D eigenvalue weighted by molar-refractivity contribution is 6.12. The monoisotopic (exact) mass is 398 g/mol. The number of nitriles is 1. The molecule has 0 unspecified atom stereocenters. The number of nitrogens with one attached hydrogen (secondary N) is 1. The highest BCUT2D eigenvalue weighted by Gasteiger charge is 2.57. The molecule has 2 aromatic carbocycles. The smallest absolute Gasteiger partial charge is 0.244 e. The second-order valence-corrected chi connectivity index (χ2v) is 7.79. The van der Waals surface area contributed by atoms with Crippen LogP contribution in [-0.4, -0.2) is 13.0 Å². The predicted molar refractivity (Wildman–Crippen MR) is 115 cm³/mol. The second kappa shape index (κ2) is 6.67. The van der Waals surface area contributed by atoms with E-state index in [2.05, 4.69) is 11.4 Å². The van der Waals surface area contributed by atoms with Crippen molar-refractivity contribution in [2.24, 2.45) is 5.73 Å². The molecule has 150 valence electrons. The third kappa shape index (κ3) is 2.26. The summed E-state index contributed by atoms with van der Waals surface area (Å²) in [6.07, 6.45) is 3.55. The minimum Gasteiger partial charge on any atom is -0.497 e. The van der Waals surface area contributed by atoms with E-state index in [4.69, 9.17) is 10.5 Å². The van der Waals surface area contributed by atoms with Crippen molar-refractivity contribution in [2.75, 3.05) is 17.3 Å². The maximum atomic E-state index is 13.5. The summed E-state index contributed by atoms with van der Waals surface area (Å²) in [4.78, 5) is 15.4. The van der Waals surface area contributed by atoms with Gasteiger partial charge in [-0.2, -0.15) is 5.26 Å². The van der Waals surface area contributed by atoms with Gasteiger partial charge in [0, 0.05) is 22.6 Å². The zero-order valence-electron chi connectivity index (χ0n) is 16.7. The van der Waals surface area contributed by atoms with Crippen molar-refractivity contribution in [1.82, 2.24) is 0 Å². The van der Waals surface area contributed by atoms with E-state index in [1.165, 1.54) is 0 Å². The van der Waals surface area contributed by atoms with Crippen molar-refractivity contribution < 1.29 is 9.53 Å². The first kappa shape index (κ1) is 18.3. The number of para-hydroxylation sites is 1. The van der Waals surface area contributed by atoms with Gasteiger partial charge in [0.1, 0.15) is 23.1 Å². The highest BCUT2D eigenvalue weighted by atomic mass is 16.5. The van der Waals surface area contributed by atoms with Gasteiger partial charge in [-0.1, -0.05) is 18.2 Å². The first-order valence-corrected chi connectivity index (χ1v) is 10.1. The number of methoxy groups -OCH3 is 1. The van der Waals surface area contributed by atoms with Crippen LogP contribution >= 0.6 is 0 Å². The molecular weight excluding hydrogens is 376 g/mol. The fraction of sp³-hybridized carbons (Fsp3) is 0.250. The van der Waals surface area contributed by atoms with E-state index < -0.39 is 5.41 Å². The van der Waals surface area contributed by atoms with E-state index in [0.717, 1.165) is 59.6 Å². The minimum atomic E-state index is -1.14. The fourth-order valence-corrected chi connectivity index (χ4v) is 5.11. The molecule has 0 aromatic heterocycles. The molecule has 1 spiro atoms. The number of carbonyl (C=O) groups excluding carboxylic acids is 1. The molecule has 6 heteroatoms. The van der Waals surface area contributed by atoms with Crippen LogP contribution in [-0.2, 0) is 10.2 Å². The summed E-state index contributed by atoms with van der Waals surface area (Å²) < 4.78 is 5.28. The number of carbonyl (C=O) groups is 1. The quantitative estimate of drug-likeness (QED) is 0.800. The zero-order valence-corrected chi connectivity index (χ0v) is 16.7. The largest absolute Gasteiger partial charge is 0.497 e. The molecule has 0 bridgehead atoms. The molecule has 5 rings (SSSR count). The van der Waals surface area contributed by atoms with E-state index >= 15 is 0 Å². The first-order chi connectivity index (χ1) is 14.6. The predicted octanol–water partition coefficient (Wildman–Crippen LogP) is 3.93. The number of ether oxygens (including phenoxy) is 1. The zero-order chi connectivity index (χ0) is 20.9. The van der Waals surface area contributed by atoms with E-state index in [1.807, 2.05) is 53.4 Å². The van der Waals surface area contributed by atoms with Crippen molar-refractivity contribution in [3.8, 4) is 11.8 Å². The third-order valence-corrected chi connectivity index (χ3v) is 6.40. The Bertz CT molecular complexity index is 1160. The van der Waals surface area contributed by atoms with Gasteiger partial charge in [0.15, 0.2) is 0 Å². The van der Waals surface area contributed by atoms with Crippen LogP contribution in [0.3, 0.4) is 0 Å². The molecule has 1 aliphatic carbocycles. The van der Waals surface area contributed by atoms with Crippen molar-refractivity contribution >= 4 is 17.3 Å². The Labute approximate surface area is 175 Å². The van der Waals surface area contributed by atoms with Crippen LogP contribution in [0.25, 0.3) is 0 Å². The Kier molecular flexibility index (Phi) is 4.07. The van der Waals surface area contributed by atoms with E-state index in [0.29, 0.717) is 11.4 Å². The molecule has 1 amide bonds. The van der Waals surface area contributed by atoms with E-state index in [1.54, 1.807) is 7.11 Å². The van der Waals surface area contributed by atoms with Gasteiger partial charge >= 0.3 is 0 Å². The number of hydrogen-bond donors (Lipinski definition) is 2. The van der Waals surface area contributed by atoms with Crippen LogP contribution in [0.1, 0.15) is 31.2 Å². The number of nitrogens with zero attached hydrogens (tertiary/aromatic N) is 2. The van der Waals surface area contributed by atoms with Gasteiger partial charge in [0.2, 0.25) is 5.91 Å². The first-order valence-electron chi connectivity index (χ1n) is 10.1. The summed E-state index contributed by atoms with van der Waals surface area (Å²) >= 11 is 0. The molecule has 1 atom stereocenters. The van der Waals surface area contributed by atoms with Gasteiger partial charge in [-0.05, 0) is 61.6 Å². The number of nitrogens with two attached hydrogens (primary N) is 1. The van der Waals surface area contributed by atoms with Crippen molar-refractivity contribution in [1.29, 1.82) is 5.26 Å². The van der Waals surface area contributed by atoms with Gasteiger partial charge in [-0.15, -0.1) is 0 Å². The molecule has 6 nitrogen and oxygen atoms in total. The van der Waals surface area contributed by atoms with Crippen LogP contribution in [0, 0.1) is 11.3 Å². The molecule has 30 heavy (non-hydrogen) atoms. The number of amides is 1. The molecule has 0 saturated heterocycles. The number of fused-ring (bicyclic) bond motifs is 3. The topological polar surface area (TPSA) is 91.4 Å². The molecule has 0 fully saturated rings. The van der Waals surface area contributed by atoms with Gasteiger partial charge in [0.25, 0.3) is 0 Å². The number of allylic oxidation sites excluding steroid dienone is 1. The molecule has 3 aliphatic rings. The number of hydrogen-bond acceptors (Lipinski definition) is 5. The summed E-state index contributed by atoms with van der Waals surface area (Å²) in [5.41, 5.74) is 10.2. The van der Waals surface area contributed by atoms with Gasteiger partial charge in [-0.25, -0.2) is 0 Å². The Morgan fingerprint density at radius 3 is 2.60 bits per heavy atom. The van der Waals surface area contributed by atoms with Crippen molar-refractivity contribution in [3.05, 3.63) is 76.8 Å². The average Bonchev–Trinajstić information content (AvgIpc) is 3.07. The number of anilines is 2. The summed E-state index contributed by atoms with van der Waals surface area (Å²) in [5.74, 6) is 0.874. The summed E-state index contributed by atoms with van der Waals surface area (Å²) in [6, 6.07) is 17.5. The van der Waals surface area contributed by atoms with Crippen molar-refractivity contribution in [3.63, 3.8) is 0 Å². The van der Waals surface area contributed by atoms with Gasteiger partial charge in [-0.3, -0.25) is 9.69 Å². The second-order valence-electron chi connectivity index (χ2n) is 7.79. The molecule has 2 heterocycles. The van der Waals surface area contributed by atoms with Crippen LogP contribution in [0.4, 0.5) is 11.4 Å². The average molecular weight is 398 g/mol. The third-order valence-electron chi connectivity index (χ3n) is 6.40. The molecule has 3 N–H and O–H groups in total. The lowest BCUT2D eigenvalue weighted by Gasteiger charge is -2.44. The summed E-state index contributed by atoms with van der Waals surface area (Å²) in [6.45, 7) is 0. The SMILES string of the molecule is COc1ccc(N2C(N)=C(C#N)[C@@]3(C(=O)Nc4ccccc43)C3=C2CCCC3)cc1. The lowest BCUT2D eigenvalue weighted by molar-refractivity contribution is -0.118. The molecule has 2 aliphatic heterocycles. The van der Waals surface area contributed by atoms with Crippen LogP contribution in [0.5, 0.6) is 5.75 Å². The Morgan fingerprint density at radius 2 is 1.87 bits per heavy atom. The fourth-order valence-electron chi connectivity index (χ4n) is 5.11. The van der Waals surface area contributed by atoms with Crippen LogP contribution in [0.15, 0.2) is 71.2 Å². The molecular formula is C24H22N4O2. The number of rotatable bonds is 2. The lowest BCUT2D eigenvalue weighted by Crippen LogP contribution is -2.48. The minimum absolute atomic E-state index is 0.188. The van der Waals surface area contributed by atoms with Gasteiger partial charge in [0.05, 0.1) is 12.7 Å². The highest BCUT2D eigenvalue weighted by Crippen LogP contribution is 2.55. The van der Waals surface area contributed by atoms with Gasteiger partial charge < -0.3 is 15.8 Å².